The molecule has 0 spiro atoms. The molecule has 2 aromatic rings. The average Bonchev–Trinajstić information content (AvgIpc) is 3.15. The lowest BCUT2D eigenvalue weighted by atomic mass is 10.1. The molecule has 0 aromatic carbocycles. The molecule has 5 heteroatoms. The highest BCUT2D eigenvalue weighted by Gasteiger charge is 2.24. The molecule has 1 saturated carbocycles. The Kier molecular flexibility index (Phi) is 2.87. The van der Waals surface area contributed by atoms with Crippen molar-refractivity contribution in [3.63, 3.8) is 0 Å². The van der Waals surface area contributed by atoms with Crippen molar-refractivity contribution in [2.24, 2.45) is 0 Å². The van der Waals surface area contributed by atoms with E-state index in [1.165, 1.54) is 12.8 Å². The van der Waals surface area contributed by atoms with Gasteiger partial charge in [-0.15, -0.1) is 0 Å². The molecule has 0 atom stereocenters. The summed E-state index contributed by atoms with van der Waals surface area (Å²) in [5, 5.41) is 13.0. The Labute approximate surface area is 110 Å². The molecule has 0 bridgehead atoms. The number of aliphatic carboxylic acids is 1. The minimum Gasteiger partial charge on any atom is -0.478 e. The van der Waals surface area contributed by atoms with Gasteiger partial charge in [0, 0.05) is 35.8 Å². The molecule has 2 aromatic heterocycles. The van der Waals surface area contributed by atoms with Gasteiger partial charge in [0.2, 0.25) is 0 Å². The highest BCUT2D eigenvalue weighted by atomic mass is 16.4. The molecule has 1 N–H and O–H groups in total. The average molecular weight is 255 g/mol. The van der Waals surface area contributed by atoms with E-state index in [-0.39, 0.29) is 0 Å². The van der Waals surface area contributed by atoms with Gasteiger partial charge in [0.05, 0.1) is 12.2 Å². The van der Waals surface area contributed by atoms with Gasteiger partial charge in [0.15, 0.2) is 0 Å². The number of carbonyl (C=O) groups is 1. The second-order valence-corrected chi connectivity index (χ2v) is 4.57. The molecular formula is C14H13N3O2. The van der Waals surface area contributed by atoms with Crippen LogP contribution in [0.3, 0.4) is 0 Å². The van der Waals surface area contributed by atoms with Gasteiger partial charge in [-0.05, 0) is 30.5 Å². The fourth-order valence-corrected chi connectivity index (χ4v) is 1.98. The van der Waals surface area contributed by atoms with E-state index in [1.807, 2.05) is 23.1 Å². The predicted molar refractivity (Wildman–Crippen MR) is 70.4 cm³/mol. The number of rotatable bonds is 4. The zero-order valence-electron chi connectivity index (χ0n) is 10.2. The first-order valence-electron chi connectivity index (χ1n) is 6.13. The van der Waals surface area contributed by atoms with Crippen LogP contribution in [0.2, 0.25) is 0 Å². The molecule has 1 fully saturated rings. The number of aromatic nitrogens is 3. The summed E-state index contributed by atoms with van der Waals surface area (Å²) < 4.78 is 1.97. The summed E-state index contributed by atoms with van der Waals surface area (Å²) in [5.41, 5.74) is 2.71. The lowest BCUT2D eigenvalue weighted by molar-refractivity contribution is -0.131. The Morgan fingerprint density at radius 1 is 1.42 bits per heavy atom. The Morgan fingerprint density at radius 2 is 2.26 bits per heavy atom. The van der Waals surface area contributed by atoms with Crippen molar-refractivity contribution in [2.75, 3.05) is 0 Å². The second kappa shape index (κ2) is 4.68. The smallest absolute Gasteiger partial charge is 0.328 e. The van der Waals surface area contributed by atoms with Gasteiger partial charge in [0.25, 0.3) is 0 Å². The van der Waals surface area contributed by atoms with Gasteiger partial charge in [-0.1, -0.05) is 0 Å². The molecule has 0 amide bonds. The van der Waals surface area contributed by atoms with Crippen LogP contribution < -0.4 is 0 Å². The predicted octanol–water partition coefficient (Wildman–Crippen LogP) is 2.38. The monoisotopic (exact) mass is 255 g/mol. The molecule has 2 heterocycles. The third kappa shape index (κ3) is 2.54. The molecule has 0 aliphatic heterocycles. The lowest BCUT2D eigenvalue weighted by Gasteiger charge is -2.02. The topological polar surface area (TPSA) is 68.0 Å². The first-order chi connectivity index (χ1) is 9.24. The van der Waals surface area contributed by atoms with Crippen molar-refractivity contribution in [2.45, 2.75) is 18.9 Å². The minimum absolute atomic E-state index is 0.536. The Balaban J connectivity index is 1.96. The first kappa shape index (κ1) is 11.6. The Morgan fingerprint density at radius 3 is 3.00 bits per heavy atom. The highest BCUT2D eigenvalue weighted by Crippen LogP contribution is 2.35. The van der Waals surface area contributed by atoms with Crippen molar-refractivity contribution in [1.82, 2.24) is 14.8 Å². The van der Waals surface area contributed by atoms with Gasteiger partial charge in [-0.3, -0.25) is 9.67 Å². The molecule has 5 nitrogen and oxygen atoms in total. The van der Waals surface area contributed by atoms with Gasteiger partial charge in [0.1, 0.15) is 0 Å². The van der Waals surface area contributed by atoms with Gasteiger partial charge in [-0.25, -0.2) is 4.79 Å². The zero-order chi connectivity index (χ0) is 13.2. The number of hydrogen-bond acceptors (Lipinski definition) is 3. The standard InChI is InChI=1S/C14H13N3O2/c18-14(19)4-1-10-7-15-6-5-13(10)11-8-16-17(9-11)12-2-3-12/h1,4-9,12H,2-3H2,(H,18,19). The minimum atomic E-state index is -0.969. The van der Waals surface area contributed by atoms with E-state index < -0.39 is 5.97 Å². The van der Waals surface area contributed by atoms with Crippen LogP contribution >= 0.6 is 0 Å². The van der Waals surface area contributed by atoms with Crippen LogP contribution in [-0.2, 0) is 4.79 Å². The van der Waals surface area contributed by atoms with Crippen LogP contribution in [0.15, 0.2) is 36.9 Å². The van der Waals surface area contributed by atoms with E-state index in [4.69, 9.17) is 5.11 Å². The molecule has 3 rings (SSSR count). The van der Waals surface area contributed by atoms with Crippen LogP contribution in [0.5, 0.6) is 0 Å². The highest BCUT2D eigenvalue weighted by molar-refractivity contribution is 5.87. The van der Waals surface area contributed by atoms with Crippen LogP contribution in [0.25, 0.3) is 17.2 Å². The molecule has 0 saturated heterocycles. The van der Waals surface area contributed by atoms with E-state index in [1.54, 1.807) is 18.5 Å². The maximum atomic E-state index is 10.6. The van der Waals surface area contributed by atoms with E-state index >= 15 is 0 Å². The summed E-state index contributed by atoms with van der Waals surface area (Å²) in [4.78, 5) is 14.6. The number of carboxylic acids is 1. The number of pyridine rings is 1. The van der Waals surface area contributed by atoms with Crippen molar-refractivity contribution >= 4 is 12.0 Å². The van der Waals surface area contributed by atoms with E-state index in [0.717, 1.165) is 22.8 Å². The summed E-state index contributed by atoms with van der Waals surface area (Å²) in [5.74, 6) is -0.969. The lowest BCUT2D eigenvalue weighted by Crippen LogP contribution is -1.92. The SMILES string of the molecule is O=C(O)C=Cc1cnccc1-c1cnn(C2CC2)c1. The number of carboxylic acid groups (broad SMARTS) is 1. The van der Waals surface area contributed by atoms with Crippen molar-refractivity contribution < 1.29 is 9.90 Å². The fraction of sp³-hybridized carbons (Fsp3) is 0.214. The summed E-state index contributed by atoms with van der Waals surface area (Å²) in [7, 11) is 0. The van der Waals surface area contributed by atoms with E-state index in [9.17, 15) is 4.79 Å². The summed E-state index contributed by atoms with van der Waals surface area (Å²) in [6.07, 6.45) is 12.2. The molecule has 1 aliphatic carbocycles. The molecule has 0 radical (unpaired) electrons. The normalized spacial score (nSPS) is 14.9. The van der Waals surface area contributed by atoms with Gasteiger partial charge >= 0.3 is 5.97 Å². The van der Waals surface area contributed by atoms with Gasteiger partial charge in [-0.2, -0.15) is 5.10 Å². The van der Waals surface area contributed by atoms with Crippen LogP contribution in [0.4, 0.5) is 0 Å². The number of nitrogens with zero attached hydrogens (tertiary/aromatic N) is 3. The summed E-state index contributed by atoms with van der Waals surface area (Å²) in [6, 6.07) is 2.41. The Bertz CT molecular complexity index is 642. The maximum Gasteiger partial charge on any atom is 0.328 e. The summed E-state index contributed by atoms with van der Waals surface area (Å²) in [6.45, 7) is 0. The molecule has 19 heavy (non-hydrogen) atoms. The van der Waals surface area contributed by atoms with Crippen molar-refractivity contribution in [3.8, 4) is 11.1 Å². The largest absolute Gasteiger partial charge is 0.478 e. The van der Waals surface area contributed by atoms with E-state index in [0.29, 0.717) is 6.04 Å². The Hall–Kier alpha value is -2.43. The first-order valence-corrected chi connectivity index (χ1v) is 6.13. The maximum absolute atomic E-state index is 10.6. The van der Waals surface area contributed by atoms with Crippen LogP contribution in [-0.4, -0.2) is 25.8 Å². The fourth-order valence-electron chi connectivity index (χ4n) is 1.98. The quantitative estimate of drug-likeness (QED) is 0.852. The third-order valence-corrected chi connectivity index (χ3v) is 3.09. The van der Waals surface area contributed by atoms with Crippen molar-refractivity contribution in [1.29, 1.82) is 0 Å². The van der Waals surface area contributed by atoms with Crippen LogP contribution in [0.1, 0.15) is 24.4 Å². The third-order valence-electron chi connectivity index (χ3n) is 3.09. The molecular weight excluding hydrogens is 242 g/mol. The van der Waals surface area contributed by atoms with Gasteiger partial charge < -0.3 is 5.11 Å². The number of hydrogen-bond donors (Lipinski definition) is 1. The second-order valence-electron chi connectivity index (χ2n) is 4.57. The molecule has 96 valence electrons. The summed E-state index contributed by atoms with van der Waals surface area (Å²) >= 11 is 0. The molecule has 0 unspecified atom stereocenters. The van der Waals surface area contributed by atoms with Crippen molar-refractivity contribution in [3.05, 3.63) is 42.5 Å². The zero-order valence-corrected chi connectivity index (χ0v) is 10.2. The van der Waals surface area contributed by atoms with Crippen LogP contribution in [0, 0.1) is 0 Å². The van der Waals surface area contributed by atoms with E-state index in [2.05, 4.69) is 10.1 Å². The molecule has 1 aliphatic rings.